The molecule has 1 N–H and O–H groups in total. The molecule has 3 aromatic rings. The SMILES string of the molecule is O=C(Nc1ccc(F)cc1)C1(c2ccc(-c3ccc(C4CC4)nc3)cc2)COC1. The number of nitrogens with zero attached hydrogens (tertiary/aromatic N) is 1. The summed E-state index contributed by atoms with van der Waals surface area (Å²) in [6.07, 6.45) is 4.41. The number of anilines is 1. The second-order valence-corrected chi connectivity index (χ2v) is 7.86. The number of nitrogens with one attached hydrogen (secondary N) is 1. The van der Waals surface area contributed by atoms with Gasteiger partial charge < -0.3 is 10.1 Å². The minimum Gasteiger partial charge on any atom is -0.378 e. The average Bonchev–Trinajstić information content (AvgIpc) is 3.55. The molecule has 1 saturated heterocycles. The Labute approximate surface area is 168 Å². The van der Waals surface area contributed by atoms with Gasteiger partial charge in [0.1, 0.15) is 11.2 Å². The molecule has 0 radical (unpaired) electrons. The van der Waals surface area contributed by atoms with Crippen LogP contribution in [0.3, 0.4) is 0 Å². The van der Waals surface area contributed by atoms with E-state index in [1.807, 2.05) is 30.5 Å². The van der Waals surface area contributed by atoms with Crippen LogP contribution in [-0.2, 0) is 14.9 Å². The van der Waals surface area contributed by atoms with Gasteiger partial charge in [0.25, 0.3) is 0 Å². The van der Waals surface area contributed by atoms with Crippen molar-refractivity contribution in [3.05, 3.63) is 83.9 Å². The molecule has 2 fully saturated rings. The Bertz CT molecular complexity index is 1020. The lowest BCUT2D eigenvalue weighted by molar-refractivity contribution is -0.139. The Morgan fingerprint density at radius 3 is 2.21 bits per heavy atom. The van der Waals surface area contributed by atoms with Crippen molar-refractivity contribution in [2.75, 3.05) is 18.5 Å². The molecule has 1 aliphatic carbocycles. The molecule has 5 rings (SSSR count). The van der Waals surface area contributed by atoms with Gasteiger partial charge in [0.2, 0.25) is 5.91 Å². The van der Waals surface area contributed by atoms with Crippen LogP contribution in [0.15, 0.2) is 66.9 Å². The van der Waals surface area contributed by atoms with E-state index < -0.39 is 5.41 Å². The van der Waals surface area contributed by atoms with Gasteiger partial charge in [0.15, 0.2) is 0 Å². The van der Waals surface area contributed by atoms with Crippen molar-refractivity contribution in [2.45, 2.75) is 24.2 Å². The molecule has 4 nitrogen and oxygen atoms in total. The Morgan fingerprint density at radius 1 is 0.966 bits per heavy atom. The number of amides is 1. The maximum absolute atomic E-state index is 13.1. The lowest BCUT2D eigenvalue weighted by Crippen LogP contribution is -2.55. The van der Waals surface area contributed by atoms with Crippen LogP contribution in [0.5, 0.6) is 0 Å². The number of pyridine rings is 1. The van der Waals surface area contributed by atoms with Gasteiger partial charge >= 0.3 is 0 Å². The molecular formula is C24H21FN2O2. The van der Waals surface area contributed by atoms with E-state index in [-0.39, 0.29) is 11.7 Å². The topological polar surface area (TPSA) is 51.2 Å². The standard InChI is InChI=1S/C24H21FN2O2/c25-20-8-10-21(11-9-20)27-23(28)24(14-29-15-24)19-6-3-16(4-7-19)18-5-12-22(26-13-18)17-1-2-17/h3-13,17H,1-2,14-15H2,(H,27,28). The molecule has 0 spiro atoms. The summed E-state index contributed by atoms with van der Waals surface area (Å²) >= 11 is 0. The van der Waals surface area contributed by atoms with Crippen LogP contribution in [0, 0.1) is 5.82 Å². The predicted octanol–water partition coefficient (Wildman–Crippen LogP) is 4.67. The second-order valence-electron chi connectivity index (χ2n) is 7.86. The summed E-state index contributed by atoms with van der Waals surface area (Å²) in [6, 6.07) is 18.0. The smallest absolute Gasteiger partial charge is 0.239 e. The van der Waals surface area contributed by atoms with Gasteiger partial charge in [-0.3, -0.25) is 9.78 Å². The maximum atomic E-state index is 13.1. The summed E-state index contributed by atoms with van der Waals surface area (Å²) in [5.41, 5.74) is 4.07. The van der Waals surface area contributed by atoms with Crippen LogP contribution in [0.4, 0.5) is 10.1 Å². The van der Waals surface area contributed by atoms with Gasteiger partial charge in [-0.25, -0.2) is 4.39 Å². The van der Waals surface area contributed by atoms with Gasteiger partial charge in [-0.15, -0.1) is 0 Å². The first-order valence-electron chi connectivity index (χ1n) is 9.86. The quantitative estimate of drug-likeness (QED) is 0.691. The largest absolute Gasteiger partial charge is 0.378 e. The summed E-state index contributed by atoms with van der Waals surface area (Å²) in [4.78, 5) is 17.6. The Balaban J connectivity index is 1.35. The van der Waals surface area contributed by atoms with Gasteiger partial charge in [-0.05, 0) is 54.3 Å². The number of rotatable bonds is 5. The zero-order chi connectivity index (χ0) is 19.8. The van der Waals surface area contributed by atoms with E-state index in [4.69, 9.17) is 4.74 Å². The highest BCUT2D eigenvalue weighted by atomic mass is 19.1. The highest BCUT2D eigenvalue weighted by Gasteiger charge is 2.47. The molecule has 1 saturated carbocycles. The van der Waals surface area contributed by atoms with Crippen molar-refractivity contribution in [3.63, 3.8) is 0 Å². The second kappa shape index (κ2) is 7.08. The first-order chi connectivity index (χ1) is 14.1. The zero-order valence-corrected chi connectivity index (χ0v) is 15.9. The van der Waals surface area contributed by atoms with Gasteiger partial charge in [0, 0.05) is 29.1 Å². The first kappa shape index (κ1) is 18.0. The molecule has 5 heteroatoms. The molecule has 146 valence electrons. The summed E-state index contributed by atoms with van der Waals surface area (Å²) in [5, 5.41) is 2.88. The summed E-state index contributed by atoms with van der Waals surface area (Å²) in [6.45, 7) is 0.661. The van der Waals surface area contributed by atoms with Crippen molar-refractivity contribution >= 4 is 11.6 Å². The molecule has 2 aromatic carbocycles. The normalized spacial score (nSPS) is 17.4. The number of benzene rings is 2. The van der Waals surface area contributed by atoms with Gasteiger partial charge in [-0.1, -0.05) is 30.3 Å². The molecule has 0 unspecified atom stereocenters. The number of halogens is 1. The molecule has 29 heavy (non-hydrogen) atoms. The Morgan fingerprint density at radius 2 is 1.66 bits per heavy atom. The van der Waals surface area contributed by atoms with Gasteiger partial charge in [0.05, 0.1) is 13.2 Å². The predicted molar refractivity (Wildman–Crippen MR) is 109 cm³/mol. The molecule has 0 bridgehead atoms. The third-order valence-corrected chi connectivity index (χ3v) is 5.79. The minimum absolute atomic E-state index is 0.140. The number of hydrogen-bond donors (Lipinski definition) is 1. The number of aromatic nitrogens is 1. The van der Waals surface area contributed by atoms with E-state index in [0.717, 1.165) is 16.7 Å². The molecule has 2 heterocycles. The summed E-state index contributed by atoms with van der Waals surface area (Å²) in [7, 11) is 0. The fraction of sp³-hybridized carbons (Fsp3) is 0.250. The van der Waals surface area contributed by atoms with Crippen molar-refractivity contribution in [2.24, 2.45) is 0 Å². The molecule has 2 aliphatic rings. The van der Waals surface area contributed by atoms with Crippen molar-refractivity contribution < 1.29 is 13.9 Å². The minimum atomic E-state index is -0.721. The molecular weight excluding hydrogens is 367 g/mol. The van der Waals surface area contributed by atoms with Crippen molar-refractivity contribution in [1.82, 2.24) is 4.98 Å². The van der Waals surface area contributed by atoms with Crippen LogP contribution in [0.1, 0.15) is 30.0 Å². The van der Waals surface area contributed by atoms with Crippen LogP contribution >= 0.6 is 0 Å². The fourth-order valence-corrected chi connectivity index (χ4v) is 3.70. The maximum Gasteiger partial charge on any atom is 0.239 e. The Hall–Kier alpha value is -3.05. The monoisotopic (exact) mass is 388 g/mol. The van der Waals surface area contributed by atoms with E-state index in [0.29, 0.717) is 24.8 Å². The van der Waals surface area contributed by atoms with Crippen LogP contribution in [0.2, 0.25) is 0 Å². The van der Waals surface area contributed by atoms with E-state index in [1.165, 1.54) is 30.7 Å². The van der Waals surface area contributed by atoms with Crippen LogP contribution in [0.25, 0.3) is 11.1 Å². The van der Waals surface area contributed by atoms with Crippen molar-refractivity contribution in [1.29, 1.82) is 0 Å². The molecule has 1 aliphatic heterocycles. The zero-order valence-electron chi connectivity index (χ0n) is 15.9. The van der Waals surface area contributed by atoms with E-state index >= 15 is 0 Å². The first-order valence-corrected chi connectivity index (χ1v) is 9.86. The third-order valence-electron chi connectivity index (χ3n) is 5.79. The average molecular weight is 388 g/mol. The summed E-state index contributed by atoms with van der Waals surface area (Å²) in [5.74, 6) is 0.169. The Kier molecular flexibility index (Phi) is 4.40. The highest BCUT2D eigenvalue weighted by Crippen LogP contribution is 2.39. The lowest BCUT2D eigenvalue weighted by atomic mass is 9.77. The van der Waals surface area contributed by atoms with E-state index in [1.54, 1.807) is 12.1 Å². The number of ether oxygens (including phenoxy) is 1. The lowest BCUT2D eigenvalue weighted by Gasteiger charge is -2.40. The number of carbonyl (C=O) groups excluding carboxylic acids is 1. The fourth-order valence-electron chi connectivity index (χ4n) is 3.70. The molecule has 1 aromatic heterocycles. The van der Waals surface area contributed by atoms with Crippen molar-refractivity contribution in [3.8, 4) is 11.1 Å². The van der Waals surface area contributed by atoms with E-state index in [9.17, 15) is 9.18 Å². The number of carbonyl (C=O) groups is 1. The van der Waals surface area contributed by atoms with Gasteiger partial charge in [-0.2, -0.15) is 0 Å². The number of hydrogen-bond acceptors (Lipinski definition) is 3. The van der Waals surface area contributed by atoms with Crippen LogP contribution in [-0.4, -0.2) is 24.1 Å². The summed E-state index contributed by atoms with van der Waals surface area (Å²) < 4.78 is 18.5. The van der Waals surface area contributed by atoms with E-state index in [2.05, 4.69) is 22.4 Å². The molecule has 1 amide bonds. The highest BCUT2D eigenvalue weighted by molar-refractivity contribution is 6.00. The molecule has 0 atom stereocenters. The third kappa shape index (κ3) is 3.42. The van der Waals surface area contributed by atoms with Crippen LogP contribution < -0.4 is 5.32 Å².